The molecule has 0 aliphatic carbocycles. The fraction of sp³-hybridized carbons (Fsp3) is 0.533. The number of hydrogen-bond donors (Lipinski definition) is 1. The molecule has 4 heteroatoms. The number of carbonyl (C=O) groups is 1. The van der Waals surface area contributed by atoms with Crippen LogP contribution in [0.4, 0.5) is 0 Å². The molecule has 4 nitrogen and oxygen atoms in total. The van der Waals surface area contributed by atoms with Gasteiger partial charge < -0.3 is 9.84 Å². The lowest BCUT2D eigenvalue weighted by atomic mass is 10.1. The van der Waals surface area contributed by atoms with E-state index in [1.807, 2.05) is 56.0 Å². The summed E-state index contributed by atoms with van der Waals surface area (Å²) in [5.41, 5.74) is -0.148. The van der Waals surface area contributed by atoms with Gasteiger partial charge in [0.15, 0.2) is 0 Å². The molecule has 0 fully saturated rings. The second-order valence-electron chi connectivity index (χ2n) is 5.50. The van der Waals surface area contributed by atoms with E-state index in [2.05, 4.69) is 0 Å². The van der Waals surface area contributed by atoms with Crippen LogP contribution in [0.25, 0.3) is 0 Å². The molecule has 0 aliphatic heterocycles. The van der Waals surface area contributed by atoms with Gasteiger partial charge in [0.05, 0.1) is 13.2 Å². The topological polar surface area (TPSA) is 49.8 Å². The normalized spacial score (nSPS) is 11.6. The Morgan fingerprint density at radius 1 is 1.26 bits per heavy atom. The Morgan fingerprint density at radius 3 is 2.42 bits per heavy atom. The molecule has 0 saturated carbocycles. The first-order chi connectivity index (χ1) is 8.89. The zero-order valence-corrected chi connectivity index (χ0v) is 11.9. The van der Waals surface area contributed by atoms with Crippen molar-refractivity contribution >= 4 is 5.97 Å². The minimum Gasteiger partial charge on any atom is -0.494 e. The number of para-hydroxylation sites is 1. The van der Waals surface area contributed by atoms with Gasteiger partial charge in [0.25, 0.3) is 0 Å². The van der Waals surface area contributed by atoms with Crippen molar-refractivity contribution in [3.63, 3.8) is 0 Å². The molecule has 0 amide bonds. The predicted octanol–water partition coefficient (Wildman–Crippen LogP) is 2.64. The van der Waals surface area contributed by atoms with Crippen molar-refractivity contribution in [2.24, 2.45) is 0 Å². The summed E-state index contributed by atoms with van der Waals surface area (Å²) in [5, 5.41) is 8.91. The molecule has 1 N–H and O–H groups in total. The number of carboxylic acids is 1. The third kappa shape index (κ3) is 6.25. The quantitative estimate of drug-likeness (QED) is 0.770. The molecule has 1 aromatic rings. The van der Waals surface area contributed by atoms with Crippen LogP contribution >= 0.6 is 0 Å². The summed E-state index contributed by atoms with van der Waals surface area (Å²) in [6.45, 7) is 7.43. The summed E-state index contributed by atoms with van der Waals surface area (Å²) < 4.78 is 5.60. The molecule has 0 saturated heterocycles. The molecule has 0 aliphatic rings. The van der Waals surface area contributed by atoms with Crippen molar-refractivity contribution < 1.29 is 14.6 Å². The SMILES string of the molecule is CC(C)(C)N(CCCOc1ccccc1)CC(=O)O. The molecule has 0 unspecified atom stereocenters. The largest absolute Gasteiger partial charge is 0.494 e. The van der Waals surface area contributed by atoms with E-state index in [0.29, 0.717) is 13.2 Å². The standard InChI is InChI=1S/C15H23NO3/c1-15(2,3)16(12-14(17)18)10-7-11-19-13-8-5-4-6-9-13/h4-6,8-9H,7,10-12H2,1-3H3,(H,17,18). The molecule has 1 aromatic carbocycles. The van der Waals surface area contributed by atoms with Gasteiger partial charge in [0.1, 0.15) is 5.75 Å². The van der Waals surface area contributed by atoms with Gasteiger partial charge in [-0.1, -0.05) is 18.2 Å². The molecule has 106 valence electrons. The lowest BCUT2D eigenvalue weighted by molar-refractivity contribution is -0.139. The summed E-state index contributed by atoms with van der Waals surface area (Å²) in [4.78, 5) is 12.8. The summed E-state index contributed by atoms with van der Waals surface area (Å²) in [5.74, 6) is 0.0574. The third-order valence-corrected chi connectivity index (χ3v) is 2.86. The minimum absolute atomic E-state index is 0.0643. The van der Waals surface area contributed by atoms with Crippen LogP contribution in [0.3, 0.4) is 0 Å². The molecule has 0 atom stereocenters. The molecule has 1 rings (SSSR count). The first-order valence-corrected chi connectivity index (χ1v) is 6.54. The summed E-state index contributed by atoms with van der Waals surface area (Å²) in [6, 6.07) is 9.64. The second kappa shape index (κ2) is 7.14. The van der Waals surface area contributed by atoms with Crippen molar-refractivity contribution in [1.82, 2.24) is 4.90 Å². The van der Waals surface area contributed by atoms with E-state index in [0.717, 1.165) is 12.2 Å². The minimum atomic E-state index is -0.793. The lowest BCUT2D eigenvalue weighted by Crippen LogP contribution is -2.45. The fourth-order valence-corrected chi connectivity index (χ4v) is 1.78. The highest BCUT2D eigenvalue weighted by Gasteiger charge is 2.22. The van der Waals surface area contributed by atoms with Crippen molar-refractivity contribution in [1.29, 1.82) is 0 Å². The van der Waals surface area contributed by atoms with E-state index in [-0.39, 0.29) is 12.1 Å². The van der Waals surface area contributed by atoms with Crippen molar-refractivity contribution in [2.45, 2.75) is 32.7 Å². The molecule has 0 aromatic heterocycles. The number of nitrogens with zero attached hydrogens (tertiary/aromatic N) is 1. The van der Waals surface area contributed by atoms with Crippen LogP contribution < -0.4 is 4.74 Å². The molecular weight excluding hydrogens is 242 g/mol. The first-order valence-electron chi connectivity index (χ1n) is 6.54. The Bertz CT molecular complexity index is 384. The number of aliphatic carboxylic acids is 1. The number of rotatable bonds is 7. The van der Waals surface area contributed by atoms with Crippen LogP contribution in [-0.2, 0) is 4.79 Å². The lowest BCUT2D eigenvalue weighted by Gasteiger charge is -2.34. The van der Waals surface area contributed by atoms with E-state index in [9.17, 15) is 4.79 Å². The second-order valence-corrected chi connectivity index (χ2v) is 5.50. The highest BCUT2D eigenvalue weighted by molar-refractivity contribution is 5.69. The molecule has 0 spiro atoms. The Labute approximate surface area is 115 Å². The van der Waals surface area contributed by atoms with Gasteiger partial charge in [-0.2, -0.15) is 0 Å². The molecule has 0 heterocycles. The Balaban J connectivity index is 2.34. The highest BCUT2D eigenvalue weighted by Crippen LogP contribution is 2.14. The van der Waals surface area contributed by atoms with Crippen LogP contribution in [0.5, 0.6) is 5.75 Å². The van der Waals surface area contributed by atoms with Crippen LogP contribution in [0.1, 0.15) is 27.2 Å². The summed E-state index contributed by atoms with van der Waals surface area (Å²) in [6.07, 6.45) is 0.805. The van der Waals surface area contributed by atoms with Gasteiger partial charge in [0.2, 0.25) is 0 Å². The Hall–Kier alpha value is -1.55. The van der Waals surface area contributed by atoms with Crippen LogP contribution in [-0.4, -0.2) is 41.2 Å². The van der Waals surface area contributed by atoms with Gasteiger partial charge in [-0.3, -0.25) is 9.69 Å². The first kappa shape index (κ1) is 15.5. The molecule has 19 heavy (non-hydrogen) atoms. The maximum absolute atomic E-state index is 10.8. The number of carboxylic acid groups (broad SMARTS) is 1. The van der Waals surface area contributed by atoms with Crippen LogP contribution in [0.15, 0.2) is 30.3 Å². The average Bonchev–Trinajstić information content (AvgIpc) is 2.32. The average molecular weight is 265 g/mol. The van der Waals surface area contributed by atoms with E-state index in [4.69, 9.17) is 9.84 Å². The van der Waals surface area contributed by atoms with Crippen LogP contribution in [0.2, 0.25) is 0 Å². The van der Waals surface area contributed by atoms with E-state index in [1.54, 1.807) is 0 Å². The van der Waals surface area contributed by atoms with Gasteiger partial charge in [0, 0.05) is 12.1 Å². The third-order valence-electron chi connectivity index (χ3n) is 2.86. The number of ether oxygens (including phenoxy) is 1. The van der Waals surface area contributed by atoms with Gasteiger partial charge in [-0.05, 0) is 39.3 Å². The number of benzene rings is 1. The van der Waals surface area contributed by atoms with E-state index in [1.165, 1.54) is 0 Å². The molecule has 0 bridgehead atoms. The van der Waals surface area contributed by atoms with E-state index >= 15 is 0 Å². The fourth-order valence-electron chi connectivity index (χ4n) is 1.78. The zero-order chi connectivity index (χ0) is 14.3. The van der Waals surface area contributed by atoms with Crippen molar-refractivity contribution in [2.75, 3.05) is 19.7 Å². The Morgan fingerprint density at radius 2 is 1.89 bits per heavy atom. The Kier molecular flexibility index (Phi) is 5.83. The maximum atomic E-state index is 10.8. The smallest absolute Gasteiger partial charge is 0.317 e. The van der Waals surface area contributed by atoms with Crippen LogP contribution in [0, 0.1) is 0 Å². The van der Waals surface area contributed by atoms with Gasteiger partial charge in [-0.15, -0.1) is 0 Å². The monoisotopic (exact) mass is 265 g/mol. The number of hydrogen-bond acceptors (Lipinski definition) is 3. The van der Waals surface area contributed by atoms with Gasteiger partial charge in [-0.25, -0.2) is 0 Å². The van der Waals surface area contributed by atoms with E-state index < -0.39 is 5.97 Å². The van der Waals surface area contributed by atoms with Crippen molar-refractivity contribution in [3.8, 4) is 5.75 Å². The highest BCUT2D eigenvalue weighted by atomic mass is 16.5. The maximum Gasteiger partial charge on any atom is 0.317 e. The molecule has 0 radical (unpaired) electrons. The van der Waals surface area contributed by atoms with Crippen molar-refractivity contribution in [3.05, 3.63) is 30.3 Å². The summed E-state index contributed by atoms with van der Waals surface area (Å²) in [7, 11) is 0. The molecular formula is C15H23NO3. The van der Waals surface area contributed by atoms with Gasteiger partial charge >= 0.3 is 5.97 Å². The predicted molar refractivity (Wildman–Crippen MR) is 75.5 cm³/mol. The zero-order valence-electron chi connectivity index (χ0n) is 11.9. The summed E-state index contributed by atoms with van der Waals surface area (Å²) >= 11 is 0.